The van der Waals surface area contributed by atoms with Gasteiger partial charge >= 0.3 is 0 Å². The van der Waals surface area contributed by atoms with Crippen molar-refractivity contribution in [1.82, 2.24) is 9.78 Å². The highest BCUT2D eigenvalue weighted by Gasteiger charge is 2.13. The number of aromatic nitrogens is 2. The van der Waals surface area contributed by atoms with Crippen LogP contribution in [0.2, 0.25) is 0 Å². The van der Waals surface area contributed by atoms with Gasteiger partial charge in [0.2, 0.25) is 0 Å². The number of benzene rings is 1. The van der Waals surface area contributed by atoms with Crippen molar-refractivity contribution >= 4 is 10.9 Å². The lowest BCUT2D eigenvalue weighted by Crippen LogP contribution is -2.08. The molecule has 1 N–H and O–H groups in total. The van der Waals surface area contributed by atoms with Crippen molar-refractivity contribution in [2.24, 2.45) is 0 Å². The highest BCUT2D eigenvalue weighted by atomic mass is 19.1. The molecule has 86 valence electrons. The summed E-state index contributed by atoms with van der Waals surface area (Å²) in [5, 5.41) is 14.2. The average molecular weight is 222 g/mol. The minimum atomic E-state index is -0.269. The molecule has 0 saturated heterocycles. The Labute approximate surface area is 93.5 Å². The lowest BCUT2D eigenvalue weighted by Gasteiger charge is -2.09. The summed E-state index contributed by atoms with van der Waals surface area (Å²) in [6, 6.07) is 4.76. The molecule has 0 radical (unpaired) electrons. The van der Waals surface area contributed by atoms with Crippen LogP contribution in [-0.2, 0) is 6.42 Å². The normalized spacial score (nSPS) is 11.6. The van der Waals surface area contributed by atoms with Gasteiger partial charge in [0.1, 0.15) is 5.82 Å². The molecule has 0 aliphatic carbocycles. The molecule has 1 aromatic carbocycles. The maximum atomic E-state index is 13.2. The van der Waals surface area contributed by atoms with E-state index in [1.165, 1.54) is 12.1 Å². The highest BCUT2D eigenvalue weighted by molar-refractivity contribution is 5.81. The molecule has 0 unspecified atom stereocenters. The first-order valence-electron chi connectivity index (χ1n) is 5.41. The van der Waals surface area contributed by atoms with E-state index in [1.807, 2.05) is 18.5 Å². The summed E-state index contributed by atoms with van der Waals surface area (Å²) in [6.07, 6.45) is 0.498. The summed E-state index contributed by atoms with van der Waals surface area (Å²) in [4.78, 5) is 0. The Morgan fingerprint density at radius 1 is 1.44 bits per heavy atom. The lowest BCUT2D eigenvalue weighted by atomic mass is 10.1. The number of hydrogen-bond donors (Lipinski definition) is 1. The molecule has 16 heavy (non-hydrogen) atoms. The summed E-state index contributed by atoms with van der Waals surface area (Å²) in [6.45, 7) is 4.08. The van der Waals surface area contributed by atoms with Crippen LogP contribution in [0.3, 0.4) is 0 Å². The first-order chi connectivity index (χ1) is 7.63. The van der Waals surface area contributed by atoms with Crippen LogP contribution >= 0.6 is 0 Å². The van der Waals surface area contributed by atoms with Crippen LogP contribution in [0.15, 0.2) is 18.2 Å². The fraction of sp³-hybridized carbons (Fsp3) is 0.417. The monoisotopic (exact) mass is 222 g/mol. The van der Waals surface area contributed by atoms with Crippen molar-refractivity contribution in [3.63, 3.8) is 0 Å². The Balaban J connectivity index is 2.67. The number of aliphatic hydroxyl groups is 1. The second-order valence-corrected chi connectivity index (χ2v) is 4.12. The first-order valence-corrected chi connectivity index (χ1v) is 5.41. The highest BCUT2D eigenvalue weighted by Crippen LogP contribution is 2.22. The molecule has 3 nitrogen and oxygen atoms in total. The number of nitrogens with zero attached hydrogens (tertiary/aromatic N) is 2. The fourth-order valence-electron chi connectivity index (χ4n) is 1.91. The molecule has 2 aromatic rings. The van der Waals surface area contributed by atoms with Gasteiger partial charge in [-0.05, 0) is 32.0 Å². The smallest absolute Gasteiger partial charge is 0.124 e. The van der Waals surface area contributed by atoms with E-state index in [1.54, 1.807) is 6.07 Å². The summed E-state index contributed by atoms with van der Waals surface area (Å²) < 4.78 is 15.0. The van der Waals surface area contributed by atoms with Gasteiger partial charge < -0.3 is 5.11 Å². The summed E-state index contributed by atoms with van der Waals surface area (Å²) in [7, 11) is 0. The molecule has 0 aliphatic rings. The van der Waals surface area contributed by atoms with E-state index in [9.17, 15) is 4.39 Å². The lowest BCUT2D eigenvalue weighted by molar-refractivity contribution is 0.294. The van der Waals surface area contributed by atoms with Gasteiger partial charge in [-0.25, -0.2) is 4.39 Å². The van der Waals surface area contributed by atoms with Gasteiger partial charge in [-0.15, -0.1) is 0 Å². The Morgan fingerprint density at radius 2 is 2.19 bits per heavy atom. The molecule has 0 atom stereocenters. The van der Waals surface area contributed by atoms with E-state index < -0.39 is 0 Å². The summed E-state index contributed by atoms with van der Waals surface area (Å²) in [5.41, 5.74) is 1.67. The predicted octanol–water partition coefficient (Wildman–Crippen LogP) is 2.29. The maximum absolute atomic E-state index is 13.2. The number of hydrogen-bond acceptors (Lipinski definition) is 2. The topological polar surface area (TPSA) is 38.0 Å². The van der Waals surface area contributed by atoms with E-state index in [0.717, 1.165) is 16.6 Å². The molecule has 1 heterocycles. The van der Waals surface area contributed by atoms with E-state index in [-0.39, 0.29) is 18.5 Å². The molecule has 0 aliphatic heterocycles. The maximum Gasteiger partial charge on any atom is 0.124 e. The minimum absolute atomic E-state index is 0.0457. The molecule has 0 bridgehead atoms. The molecule has 0 spiro atoms. The second-order valence-electron chi connectivity index (χ2n) is 4.12. The Morgan fingerprint density at radius 3 is 2.81 bits per heavy atom. The molecular weight excluding hydrogens is 207 g/mol. The SMILES string of the molecule is CC(C)n1nc2ccc(F)cc2c1CCO. The van der Waals surface area contributed by atoms with E-state index in [4.69, 9.17) is 5.11 Å². The largest absolute Gasteiger partial charge is 0.396 e. The van der Waals surface area contributed by atoms with Crippen LogP contribution in [0.5, 0.6) is 0 Å². The zero-order chi connectivity index (χ0) is 11.7. The molecule has 1 aromatic heterocycles. The first kappa shape index (κ1) is 11.1. The summed E-state index contributed by atoms with van der Waals surface area (Å²) in [5.74, 6) is -0.269. The molecule has 2 rings (SSSR count). The van der Waals surface area contributed by atoms with Gasteiger partial charge in [0.25, 0.3) is 0 Å². The quantitative estimate of drug-likeness (QED) is 0.865. The van der Waals surface area contributed by atoms with Gasteiger partial charge in [0.15, 0.2) is 0 Å². The predicted molar refractivity (Wildman–Crippen MR) is 60.9 cm³/mol. The standard InChI is InChI=1S/C12H15FN2O/c1-8(2)15-12(5-6-16)10-7-9(13)3-4-11(10)14-15/h3-4,7-8,16H,5-6H2,1-2H3. The number of aliphatic hydroxyl groups excluding tert-OH is 1. The van der Waals surface area contributed by atoms with Crippen molar-refractivity contribution in [1.29, 1.82) is 0 Å². The third kappa shape index (κ3) is 1.80. The van der Waals surface area contributed by atoms with Crippen molar-refractivity contribution in [2.45, 2.75) is 26.3 Å². The van der Waals surface area contributed by atoms with E-state index in [0.29, 0.717) is 6.42 Å². The molecule has 0 amide bonds. The zero-order valence-corrected chi connectivity index (χ0v) is 9.44. The molecule has 4 heteroatoms. The summed E-state index contributed by atoms with van der Waals surface area (Å²) >= 11 is 0. The average Bonchev–Trinajstić information content (AvgIpc) is 2.58. The molecule has 0 saturated carbocycles. The molecular formula is C12H15FN2O. The van der Waals surface area contributed by atoms with Crippen molar-refractivity contribution < 1.29 is 9.50 Å². The Kier molecular flexibility index (Phi) is 2.92. The van der Waals surface area contributed by atoms with Crippen LogP contribution in [0.4, 0.5) is 4.39 Å². The zero-order valence-electron chi connectivity index (χ0n) is 9.44. The van der Waals surface area contributed by atoms with Gasteiger partial charge in [-0.3, -0.25) is 4.68 Å². The van der Waals surface area contributed by atoms with Crippen molar-refractivity contribution in [3.8, 4) is 0 Å². The Hall–Kier alpha value is -1.42. The van der Waals surface area contributed by atoms with E-state index in [2.05, 4.69) is 5.10 Å². The van der Waals surface area contributed by atoms with Crippen LogP contribution in [0.25, 0.3) is 10.9 Å². The second kappa shape index (κ2) is 4.22. The van der Waals surface area contributed by atoms with Gasteiger partial charge in [0, 0.05) is 30.1 Å². The van der Waals surface area contributed by atoms with Gasteiger partial charge in [0.05, 0.1) is 5.52 Å². The minimum Gasteiger partial charge on any atom is -0.396 e. The van der Waals surface area contributed by atoms with Gasteiger partial charge in [-0.1, -0.05) is 0 Å². The van der Waals surface area contributed by atoms with Crippen LogP contribution in [0, 0.1) is 5.82 Å². The van der Waals surface area contributed by atoms with Crippen LogP contribution in [-0.4, -0.2) is 21.5 Å². The third-order valence-electron chi connectivity index (χ3n) is 2.60. The number of rotatable bonds is 3. The third-order valence-corrected chi connectivity index (χ3v) is 2.60. The Bertz CT molecular complexity index is 505. The molecule has 0 fully saturated rings. The van der Waals surface area contributed by atoms with Crippen molar-refractivity contribution in [3.05, 3.63) is 29.7 Å². The number of halogens is 1. The van der Waals surface area contributed by atoms with Gasteiger partial charge in [-0.2, -0.15) is 5.10 Å². The van der Waals surface area contributed by atoms with Crippen molar-refractivity contribution in [2.75, 3.05) is 6.61 Å². The van der Waals surface area contributed by atoms with Crippen LogP contribution in [0.1, 0.15) is 25.6 Å². The van der Waals surface area contributed by atoms with E-state index >= 15 is 0 Å². The fourth-order valence-corrected chi connectivity index (χ4v) is 1.91. The van der Waals surface area contributed by atoms with Crippen LogP contribution < -0.4 is 0 Å². The number of fused-ring (bicyclic) bond motifs is 1.